The molecule has 1 N–H and O–H groups in total. The van der Waals surface area contributed by atoms with Gasteiger partial charge >= 0.3 is 0 Å². The minimum Gasteiger partial charge on any atom is -0.396 e. The number of rotatable bonds is 2. The van der Waals surface area contributed by atoms with Gasteiger partial charge < -0.3 is 5.11 Å². The van der Waals surface area contributed by atoms with E-state index in [1.807, 2.05) is 0 Å². The van der Waals surface area contributed by atoms with E-state index in [2.05, 4.69) is 86.4 Å². The smallest absolute Gasteiger partial charge is 0.0490 e. The van der Waals surface area contributed by atoms with Crippen LogP contribution in [0.2, 0.25) is 0 Å². The summed E-state index contributed by atoms with van der Waals surface area (Å²) in [7, 11) is 0. The summed E-state index contributed by atoms with van der Waals surface area (Å²) in [4.78, 5) is 0. The highest BCUT2D eigenvalue weighted by Gasteiger charge is 2.71. The maximum atomic E-state index is 10.7. The Hall–Kier alpha value is 1.16. The molecule has 5 aliphatic rings. The molecular weight excluding hydrogens is 618 g/mol. The van der Waals surface area contributed by atoms with Crippen LogP contribution in [0.1, 0.15) is 98.8 Å². The van der Waals surface area contributed by atoms with Gasteiger partial charge in [0.2, 0.25) is 0 Å². The van der Waals surface area contributed by atoms with Gasteiger partial charge in [0.25, 0.3) is 0 Å². The van der Waals surface area contributed by atoms with Crippen molar-refractivity contribution >= 4 is 45.2 Å². The Morgan fingerprint density at radius 3 is 2.28 bits per heavy atom. The van der Waals surface area contributed by atoms with E-state index in [4.69, 9.17) is 0 Å². The van der Waals surface area contributed by atoms with Gasteiger partial charge in [0, 0.05) is 14.0 Å². The molecular formula is C29H46I2O. The van der Waals surface area contributed by atoms with Gasteiger partial charge in [0.05, 0.1) is 0 Å². The molecule has 5 fully saturated rings. The largest absolute Gasteiger partial charge is 0.396 e. The van der Waals surface area contributed by atoms with Crippen LogP contribution in [0.3, 0.4) is 0 Å². The number of fused-ring (bicyclic) bond motifs is 7. The van der Waals surface area contributed by atoms with Crippen molar-refractivity contribution in [1.82, 2.24) is 0 Å². The van der Waals surface area contributed by atoms with Crippen LogP contribution in [0, 0.1) is 51.2 Å². The molecule has 0 aromatic carbocycles. The van der Waals surface area contributed by atoms with Gasteiger partial charge in [-0.15, -0.1) is 0 Å². The Balaban J connectivity index is 1.55. The SMILES string of the molecule is C=C(C)C1CCC2(CO)CCC3(C)C(CCC4C5(C)CCC(I)C(C)(C)C5CCC43I)C12. The van der Waals surface area contributed by atoms with Crippen molar-refractivity contribution in [3.05, 3.63) is 12.2 Å². The Morgan fingerprint density at radius 2 is 1.62 bits per heavy atom. The molecule has 1 nitrogen and oxygen atoms in total. The minimum atomic E-state index is 0.177. The fourth-order valence-corrected chi connectivity index (χ4v) is 13.7. The van der Waals surface area contributed by atoms with Crippen molar-refractivity contribution in [2.75, 3.05) is 6.61 Å². The molecule has 0 spiro atoms. The maximum Gasteiger partial charge on any atom is 0.0490 e. The number of aliphatic hydroxyl groups excluding tert-OH is 1. The third kappa shape index (κ3) is 3.00. The highest BCUT2D eigenvalue weighted by Crippen LogP contribution is 2.77. The molecule has 5 rings (SSSR count). The Labute approximate surface area is 225 Å². The number of allylic oxidation sites excluding steroid dienone is 1. The summed E-state index contributed by atoms with van der Waals surface area (Å²) in [5.74, 6) is 3.76. The first-order valence-corrected chi connectivity index (χ1v) is 15.8. The van der Waals surface area contributed by atoms with E-state index < -0.39 is 0 Å². The highest BCUT2D eigenvalue weighted by molar-refractivity contribution is 14.1. The monoisotopic (exact) mass is 664 g/mol. The van der Waals surface area contributed by atoms with E-state index in [1.165, 1.54) is 69.8 Å². The lowest BCUT2D eigenvalue weighted by Gasteiger charge is -2.72. The third-order valence-corrected chi connectivity index (χ3v) is 17.5. The standard InChI is InChI=1S/C29H46I2O/c1-18(2)19-9-13-28(17-32)16-15-27(6)20(24(19)28)7-8-22-26(5)12-11-23(30)25(3,4)21(26)10-14-29(22,27)31/h19-24,32H,1,7-17H2,2-6H3. The predicted molar refractivity (Wildman–Crippen MR) is 153 cm³/mol. The Bertz CT molecular complexity index is 792. The molecule has 0 aliphatic heterocycles. The van der Waals surface area contributed by atoms with Crippen molar-refractivity contribution < 1.29 is 5.11 Å². The van der Waals surface area contributed by atoms with Gasteiger partial charge in [-0.3, -0.25) is 0 Å². The van der Waals surface area contributed by atoms with E-state index in [0.29, 0.717) is 38.1 Å². The van der Waals surface area contributed by atoms with E-state index in [-0.39, 0.29) is 5.41 Å². The van der Waals surface area contributed by atoms with Gasteiger partial charge in [-0.25, -0.2) is 0 Å². The van der Waals surface area contributed by atoms with Crippen LogP contribution >= 0.6 is 45.2 Å². The second-order valence-electron chi connectivity index (χ2n) is 14.0. The summed E-state index contributed by atoms with van der Waals surface area (Å²) in [6, 6.07) is 0. The number of alkyl halides is 2. The topological polar surface area (TPSA) is 20.2 Å². The van der Waals surface area contributed by atoms with E-state index in [0.717, 1.165) is 21.7 Å². The van der Waals surface area contributed by atoms with Crippen LogP contribution in [-0.4, -0.2) is 19.1 Å². The summed E-state index contributed by atoms with van der Waals surface area (Å²) in [6.45, 7) is 17.7. The zero-order valence-electron chi connectivity index (χ0n) is 21.2. The van der Waals surface area contributed by atoms with Crippen molar-refractivity contribution in [2.24, 2.45) is 51.2 Å². The molecule has 32 heavy (non-hydrogen) atoms. The predicted octanol–water partition coefficient (Wildman–Crippen LogP) is 8.61. The second-order valence-corrected chi connectivity index (χ2v) is 17.4. The summed E-state index contributed by atoms with van der Waals surface area (Å²) in [5, 5.41) is 10.7. The van der Waals surface area contributed by atoms with Gasteiger partial charge in [-0.1, -0.05) is 85.0 Å². The van der Waals surface area contributed by atoms with Crippen LogP contribution in [0.4, 0.5) is 0 Å². The molecule has 5 aliphatic carbocycles. The Morgan fingerprint density at radius 1 is 0.906 bits per heavy atom. The van der Waals surface area contributed by atoms with Crippen molar-refractivity contribution in [3.8, 4) is 0 Å². The van der Waals surface area contributed by atoms with E-state index in [9.17, 15) is 5.11 Å². The molecule has 10 atom stereocenters. The lowest BCUT2D eigenvalue weighted by atomic mass is 9.37. The normalized spacial score (nSPS) is 56.5. The molecule has 0 aromatic rings. The van der Waals surface area contributed by atoms with Crippen molar-refractivity contribution in [2.45, 2.75) is 106 Å². The van der Waals surface area contributed by atoms with Crippen molar-refractivity contribution in [3.63, 3.8) is 0 Å². The molecule has 0 radical (unpaired) electrons. The summed E-state index contributed by atoms with van der Waals surface area (Å²) >= 11 is 5.82. The summed E-state index contributed by atoms with van der Waals surface area (Å²) in [5.41, 5.74) is 2.91. The lowest BCUT2D eigenvalue weighted by molar-refractivity contribution is -0.171. The van der Waals surface area contributed by atoms with Gasteiger partial charge in [0.15, 0.2) is 0 Å². The molecule has 0 aromatic heterocycles. The average Bonchev–Trinajstić information content (AvgIpc) is 3.12. The average molecular weight is 664 g/mol. The molecule has 0 bridgehead atoms. The molecule has 0 amide bonds. The van der Waals surface area contributed by atoms with Gasteiger partial charge in [-0.05, 0) is 122 Å². The first kappa shape index (κ1) is 24.8. The molecule has 182 valence electrons. The van der Waals surface area contributed by atoms with Crippen LogP contribution in [-0.2, 0) is 0 Å². The molecule has 3 heteroatoms. The van der Waals surface area contributed by atoms with Crippen molar-refractivity contribution in [1.29, 1.82) is 0 Å². The lowest BCUT2D eigenvalue weighted by Crippen LogP contribution is -2.68. The van der Waals surface area contributed by atoms with E-state index in [1.54, 1.807) is 0 Å². The minimum absolute atomic E-state index is 0.177. The fourth-order valence-electron chi connectivity index (χ4n) is 10.9. The van der Waals surface area contributed by atoms with Crippen LogP contribution in [0.15, 0.2) is 12.2 Å². The summed E-state index contributed by atoms with van der Waals surface area (Å²) in [6.07, 6.45) is 13.5. The fraction of sp³-hybridized carbons (Fsp3) is 0.931. The highest BCUT2D eigenvalue weighted by atomic mass is 127. The van der Waals surface area contributed by atoms with Gasteiger partial charge in [0.1, 0.15) is 0 Å². The first-order valence-electron chi connectivity index (χ1n) is 13.5. The van der Waals surface area contributed by atoms with Crippen LogP contribution < -0.4 is 0 Å². The maximum absolute atomic E-state index is 10.7. The number of aliphatic hydroxyl groups is 1. The Kier molecular flexibility index (Phi) is 6.08. The van der Waals surface area contributed by atoms with Crippen LogP contribution in [0.25, 0.3) is 0 Å². The molecule has 5 saturated carbocycles. The number of hydrogen-bond acceptors (Lipinski definition) is 1. The molecule has 0 heterocycles. The second kappa shape index (κ2) is 7.83. The van der Waals surface area contributed by atoms with E-state index >= 15 is 0 Å². The van der Waals surface area contributed by atoms with Gasteiger partial charge in [-0.2, -0.15) is 0 Å². The van der Waals surface area contributed by atoms with Crippen LogP contribution in [0.5, 0.6) is 0 Å². The quantitative estimate of drug-likeness (QED) is 0.178. The summed E-state index contributed by atoms with van der Waals surface area (Å²) < 4.78 is 1.23. The number of hydrogen-bond donors (Lipinski definition) is 1. The zero-order valence-corrected chi connectivity index (χ0v) is 25.5. The molecule has 0 saturated heterocycles. The third-order valence-electron chi connectivity index (χ3n) is 12.7. The first-order chi connectivity index (χ1) is 14.9. The number of halogens is 2. The zero-order chi connectivity index (χ0) is 23.3. The molecule has 10 unspecified atom stereocenters.